The van der Waals surface area contributed by atoms with Crippen molar-refractivity contribution >= 4 is 5.71 Å². The van der Waals surface area contributed by atoms with Crippen LogP contribution in [0.5, 0.6) is 5.75 Å². The summed E-state index contributed by atoms with van der Waals surface area (Å²) in [4.78, 5) is 0. The van der Waals surface area contributed by atoms with Gasteiger partial charge in [-0.25, -0.2) is 9.40 Å². The zero-order valence-electron chi connectivity index (χ0n) is 15.0. The van der Waals surface area contributed by atoms with Crippen LogP contribution in [0.15, 0.2) is 77.9 Å². The Morgan fingerprint density at radius 3 is 2.41 bits per heavy atom. The van der Waals surface area contributed by atoms with Gasteiger partial charge in [-0.1, -0.05) is 54.6 Å². The van der Waals surface area contributed by atoms with Gasteiger partial charge in [0.25, 0.3) is 0 Å². The van der Waals surface area contributed by atoms with Crippen LogP contribution in [0, 0.1) is 12.7 Å². The van der Waals surface area contributed by atoms with Gasteiger partial charge < -0.3 is 4.74 Å². The number of ether oxygens (including phenoxy) is 1. The van der Waals surface area contributed by atoms with E-state index >= 15 is 0 Å². The van der Waals surface area contributed by atoms with E-state index < -0.39 is 0 Å². The van der Waals surface area contributed by atoms with E-state index in [4.69, 9.17) is 9.84 Å². The van der Waals surface area contributed by atoms with E-state index in [1.54, 1.807) is 12.1 Å². The number of hydrogen-bond donors (Lipinski definition) is 0. The van der Waals surface area contributed by atoms with Crippen molar-refractivity contribution in [2.45, 2.75) is 25.6 Å². The zero-order valence-corrected chi connectivity index (χ0v) is 15.0. The molecule has 0 saturated heterocycles. The second-order valence-corrected chi connectivity index (χ2v) is 7.02. The molecule has 0 spiro atoms. The van der Waals surface area contributed by atoms with Crippen LogP contribution in [0.1, 0.15) is 40.9 Å². The summed E-state index contributed by atoms with van der Waals surface area (Å²) in [5, 5.41) is 6.97. The third-order valence-corrected chi connectivity index (χ3v) is 5.33. The molecule has 0 radical (unpaired) electrons. The first-order chi connectivity index (χ1) is 13.2. The Morgan fingerprint density at radius 1 is 0.926 bits per heavy atom. The molecule has 3 aromatic rings. The fraction of sp³-hybridized carbons (Fsp3) is 0.174. The van der Waals surface area contributed by atoms with E-state index in [2.05, 4.69) is 30.1 Å². The lowest BCUT2D eigenvalue weighted by Gasteiger charge is -2.38. The molecule has 4 heteroatoms. The number of benzene rings is 3. The first-order valence-corrected chi connectivity index (χ1v) is 9.13. The number of para-hydroxylation sites is 1. The number of rotatable bonds is 2. The molecule has 3 aromatic carbocycles. The zero-order chi connectivity index (χ0) is 18.4. The van der Waals surface area contributed by atoms with Crippen molar-refractivity contribution in [3.05, 3.63) is 101 Å². The van der Waals surface area contributed by atoms with Crippen LogP contribution < -0.4 is 4.74 Å². The Hall–Kier alpha value is -3.14. The van der Waals surface area contributed by atoms with Gasteiger partial charge in [0.15, 0.2) is 0 Å². The van der Waals surface area contributed by atoms with E-state index in [9.17, 15) is 4.39 Å². The third-order valence-electron chi connectivity index (χ3n) is 5.33. The van der Waals surface area contributed by atoms with E-state index in [1.807, 2.05) is 30.3 Å². The molecule has 27 heavy (non-hydrogen) atoms. The van der Waals surface area contributed by atoms with Crippen LogP contribution >= 0.6 is 0 Å². The predicted octanol–water partition coefficient (Wildman–Crippen LogP) is 5.38. The smallest absolute Gasteiger partial charge is 0.214 e. The highest BCUT2D eigenvalue weighted by Crippen LogP contribution is 2.47. The summed E-state index contributed by atoms with van der Waals surface area (Å²) >= 11 is 0. The average Bonchev–Trinajstić information content (AvgIpc) is 3.14. The van der Waals surface area contributed by atoms with Crippen LogP contribution in [0.3, 0.4) is 0 Å². The lowest BCUT2D eigenvalue weighted by atomic mass is 9.95. The summed E-state index contributed by atoms with van der Waals surface area (Å²) in [6, 6.07) is 23.1. The average molecular weight is 358 g/mol. The maximum atomic E-state index is 13.3. The fourth-order valence-electron chi connectivity index (χ4n) is 3.92. The number of aryl methyl sites for hydroxylation is 1. The van der Waals surface area contributed by atoms with Gasteiger partial charge in [0.05, 0.1) is 11.8 Å². The summed E-state index contributed by atoms with van der Waals surface area (Å²) < 4.78 is 19.7. The number of hydrazone groups is 1. The summed E-state index contributed by atoms with van der Waals surface area (Å²) in [5.41, 5.74) is 5.33. The number of halogens is 1. The van der Waals surface area contributed by atoms with Crippen LogP contribution in [0.25, 0.3) is 0 Å². The van der Waals surface area contributed by atoms with Gasteiger partial charge in [-0.2, -0.15) is 5.10 Å². The number of fused-ring (bicyclic) bond motifs is 3. The van der Waals surface area contributed by atoms with Crippen LogP contribution in [0.2, 0.25) is 0 Å². The molecular formula is C23H19FN2O. The molecule has 134 valence electrons. The highest BCUT2D eigenvalue weighted by Gasteiger charge is 2.41. The molecule has 0 saturated carbocycles. The summed E-state index contributed by atoms with van der Waals surface area (Å²) in [7, 11) is 0. The van der Waals surface area contributed by atoms with Gasteiger partial charge in [-0.05, 0) is 36.2 Å². The third kappa shape index (κ3) is 2.69. The monoisotopic (exact) mass is 358 g/mol. The molecule has 2 heterocycles. The van der Waals surface area contributed by atoms with E-state index in [0.717, 1.165) is 34.6 Å². The summed E-state index contributed by atoms with van der Waals surface area (Å²) in [5.74, 6) is 0.670. The Kier molecular flexibility index (Phi) is 3.71. The molecule has 3 nitrogen and oxygen atoms in total. The normalized spacial score (nSPS) is 20.5. The first kappa shape index (κ1) is 16.1. The maximum Gasteiger partial charge on any atom is 0.214 e. The van der Waals surface area contributed by atoms with Crippen molar-refractivity contribution in [3.8, 4) is 5.75 Å². The molecule has 0 fully saturated rings. The Morgan fingerprint density at radius 2 is 1.63 bits per heavy atom. The highest BCUT2D eigenvalue weighted by molar-refractivity contribution is 6.01. The molecule has 0 aliphatic carbocycles. The van der Waals surface area contributed by atoms with Gasteiger partial charge in [-0.15, -0.1) is 0 Å². The van der Waals surface area contributed by atoms with Gasteiger partial charge >= 0.3 is 0 Å². The lowest BCUT2D eigenvalue weighted by Crippen LogP contribution is -2.34. The van der Waals surface area contributed by atoms with Crippen LogP contribution in [-0.4, -0.2) is 10.7 Å². The van der Waals surface area contributed by atoms with Crippen LogP contribution in [-0.2, 0) is 0 Å². The van der Waals surface area contributed by atoms with Crippen molar-refractivity contribution in [2.75, 3.05) is 0 Å². The summed E-state index contributed by atoms with van der Waals surface area (Å²) in [6.07, 6.45) is 0.498. The van der Waals surface area contributed by atoms with Gasteiger partial charge in [0.1, 0.15) is 11.6 Å². The Labute approximate surface area is 157 Å². The largest absolute Gasteiger partial charge is 0.464 e. The molecule has 2 atom stereocenters. The molecule has 2 aliphatic heterocycles. The quantitative estimate of drug-likeness (QED) is 0.615. The van der Waals surface area contributed by atoms with E-state index in [1.165, 1.54) is 17.7 Å². The van der Waals surface area contributed by atoms with E-state index in [-0.39, 0.29) is 18.1 Å². The van der Waals surface area contributed by atoms with E-state index in [0.29, 0.717) is 0 Å². The highest BCUT2D eigenvalue weighted by atomic mass is 19.1. The fourth-order valence-corrected chi connectivity index (χ4v) is 3.92. The lowest BCUT2D eigenvalue weighted by molar-refractivity contribution is -0.0194. The second kappa shape index (κ2) is 6.23. The standard InChI is InChI=1S/C23H19FN2O/c1-15-6-2-3-7-18(15)23-26-21(19-8-4-5-9-22(19)27-23)14-20(25-26)16-10-12-17(24)13-11-16/h2-13,21,23H,14H2,1H3. The molecular weight excluding hydrogens is 339 g/mol. The minimum Gasteiger partial charge on any atom is -0.464 e. The SMILES string of the molecule is Cc1ccccc1C1Oc2ccccc2C2CC(c3ccc(F)cc3)=NN21. The van der Waals surface area contributed by atoms with Crippen LogP contribution in [0.4, 0.5) is 4.39 Å². The molecule has 0 aromatic heterocycles. The minimum absolute atomic E-state index is 0.111. The Bertz CT molecular complexity index is 1030. The molecule has 0 bridgehead atoms. The molecule has 0 N–H and O–H groups in total. The van der Waals surface area contributed by atoms with Crippen molar-refractivity contribution in [1.29, 1.82) is 0 Å². The van der Waals surface area contributed by atoms with Crippen molar-refractivity contribution < 1.29 is 9.13 Å². The number of nitrogens with zero attached hydrogens (tertiary/aromatic N) is 2. The molecule has 0 amide bonds. The second-order valence-electron chi connectivity index (χ2n) is 7.02. The summed E-state index contributed by atoms with van der Waals surface area (Å²) in [6.45, 7) is 2.09. The first-order valence-electron chi connectivity index (χ1n) is 9.13. The van der Waals surface area contributed by atoms with Gasteiger partial charge in [0, 0.05) is 17.5 Å². The van der Waals surface area contributed by atoms with Gasteiger partial charge in [-0.3, -0.25) is 0 Å². The molecule has 2 unspecified atom stereocenters. The molecule has 5 rings (SSSR count). The maximum absolute atomic E-state index is 13.3. The number of hydrogen-bond acceptors (Lipinski definition) is 3. The Balaban J connectivity index is 1.61. The van der Waals surface area contributed by atoms with Crippen molar-refractivity contribution in [3.63, 3.8) is 0 Å². The van der Waals surface area contributed by atoms with Crippen molar-refractivity contribution in [2.24, 2.45) is 5.10 Å². The minimum atomic E-state index is -0.274. The predicted molar refractivity (Wildman–Crippen MR) is 103 cm³/mol. The van der Waals surface area contributed by atoms with Crippen molar-refractivity contribution in [1.82, 2.24) is 5.01 Å². The van der Waals surface area contributed by atoms with Gasteiger partial charge in [0.2, 0.25) is 6.23 Å². The molecule has 2 aliphatic rings. The topological polar surface area (TPSA) is 24.8 Å².